The van der Waals surface area contributed by atoms with Crippen molar-refractivity contribution in [2.24, 2.45) is 5.92 Å². The molecular weight excluding hydrogens is 470 g/mol. The molecule has 2 aromatic carbocycles. The second kappa shape index (κ2) is 9.20. The van der Waals surface area contributed by atoms with Gasteiger partial charge in [-0.2, -0.15) is 4.31 Å². The zero-order valence-electron chi connectivity index (χ0n) is 18.1. The minimum atomic E-state index is -3.78. The highest BCUT2D eigenvalue weighted by Gasteiger charge is 2.33. The Morgan fingerprint density at radius 3 is 2.61 bits per heavy atom. The summed E-state index contributed by atoms with van der Waals surface area (Å²) in [6.45, 7) is 2.04. The van der Waals surface area contributed by atoms with E-state index in [1.807, 2.05) is 0 Å². The number of methoxy groups -OCH3 is 1. The van der Waals surface area contributed by atoms with E-state index in [0.717, 1.165) is 0 Å². The predicted octanol–water partition coefficient (Wildman–Crippen LogP) is 3.11. The monoisotopic (exact) mass is 493 g/mol. The molecule has 1 atom stereocenters. The Morgan fingerprint density at radius 2 is 1.94 bits per heavy atom. The van der Waals surface area contributed by atoms with Gasteiger partial charge in [0.25, 0.3) is 5.91 Å². The van der Waals surface area contributed by atoms with Crippen molar-refractivity contribution in [1.29, 1.82) is 0 Å². The number of carbonyl (C=O) groups excluding carboxylic acids is 2. The predicted molar refractivity (Wildman–Crippen MR) is 123 cm³/mol. The summed E-state index contributed by atoms with van der Waals surface area (Å²) in [4.78, 5) is 24.6. The van der Waals surface area contributed by atoms with E-state index in [-0.39, 0.29) is 35.7 Å². The van der Waals surface area contributed by atoms with Gasteiger partial charge in [0.15, 0.2) is 6.10 Å². The fourth-order valence-corrected chi connectivity index (χ4v) is 5.60. The third-order valence-corrected chi connectivity index (χ3v) is 7.95. The Balaban J connectivity index is 1.40. The van der Waals surface area contributed by atoms with Gasteiger partial charge in [-0.15, -0.1) is 0 Å². The molecule has 0 bridgehead atoms. The van der Waals surface area contributed by atoms with Gasteiger partial charge < -0.3 is 20.1 Å². The van der Waals surface area contributed by atoms with Crippen LogP contribution < -0.4 is 20.1 Å². The molecule has 2 N–H and O–H groups in total. The van der Waals surface area contributed by atoms with E-state index in [9.17, 15) is 18.0 Å². The van der Waals surface area contributed by atoms with E-state index in [2.05, 4.69) is 10.6 Å². The summed E-state index contributed by atoms with van der Waals surface area (Å²) in [6.07, 6.45) is 0.133. The van der Waals surface area contributed by atoms with Crippen LogP contribution in [0.15, 0.2) is 41.3 Å². The number of nitrogens with zero attached hydrogens (tertiary/aromatic N) is 1. The molecule has 2 aliphatic rings. The summed E-state index contributed by atoms with van der Waals surface area (Å²) in [5.41, 5.74) is 0.875. The van der Waals surface area contributed by atoms with Gasteiger partial charge in [-0.3, -0.25) is 9.59 Å². The van der Waals surface area contributed by atoms with Crippen molar-refractivity contribution in [2.45, 2.75) is 30.8 Å². The highest BCUT2D eigenvalue weighted by atomic mass is 35.5. The van der Waals surface area contributed by atoms with Gasteiger partial charge in [0, 0.05) is 24.7 Å². The Bertz CT molecular complexity index is 1190. The van der Waals surface area contributed by atoms with E-state index in [1.54, 1.807) is 31.2 Å². The lowest BCUT2D eigenvalue weighted by atomic mass is 9.97. The van der Waals surface area contributed by atoms with Gasteiger partial charge in [-0.1, -0.05) is 11.6 Å². The van der Waals surface area contributed by atoms with Crippen LogP contribution in [0.1, 0.15) is 19.8 Å². The van der Waals surface area contributed by atoms with Crippen LogP contribution in [0.4, 0.5) is 11.4 Å². The molecule has 0 spiro atoms. The molecule has 0 aromatic heterocycles. The van der Waals surface area contributed by atoms with E-state index in [1.165, 1.54) is 23.5 Å². The van der Waals surface area contributed by atoms with Crippen LogP contribution in [0.25, 0.3) is 0 Å². The third-order valence-electron chi connectivity index (χ3n) is 5.76. The maximum absolute atomic E-state index is 13.1. The zero-order chi connectivity index (χ0) is 23.8. The maximum atomic E-state index is 13.1. The molecule has 33 heavy (non-hydrogen) atoms. The molecule has 1 fully saturated rings. The van der Waals surface area contributed by atoms with Gasteiger partial charge in [-0.25, -0.2) is 8.42 Å². The molecule has 2 amide bonds. The summed E-state index contributed by atoms with van der Waals surface area (Å²) >= 11 is 6.11. The number of piperidine rings is 1. The number of benzene rings is 2. The average Bonchev–Trinajstić information content (AvgIpc) is 2.79. The molecule has 0 saturated carbocycles. The van der Waals surface area contributed by atoms with Crippen molar-refractivity contribution >= 4 is 44.8 Å². The topological polar surface area (TPSA) is 114 Å². The van der Waals surface area contributed by atoms with Crippen LogP contribution in [0, 0.1) is 5.92 Å². The first-order valence-corrected chi connectivity index (χ1v) is 12.3. The Labute approximate surface area is 197 Å². The van der Waals surface area contributed by atoms with Crippen LogP contribution in [0.3, 0.4) is 0 Å². The van der Waals surface area contributed by atoms with Crippen molar-refractivity contribution in [3.63, 3.8) is 0 Å². The number of halogens is 1. The number of carbonyl (C=O) groups is 2. The van der Waals surface area contributed by atoms with E-state index < -0.39 is 16.1 Å². The summed E-state index contributed by atoms with van der Waals surface area (Å²) in [6, 6.07) is 9.38. The number of hydrogen-bond donors (Lipinski definition) is 2. The molecular formula is C22H24ClN3O6S. The highest BCUT2D eigenvalue weighted by Crippen LogP contribution is 2.34. The second-order valence-corrected chi connectivity index (χ2v) is 10.3. The molecule has 11 heteroatoms. The Morgan fingerprint density at radius 1 is 1.21 bits per heavy atom. The zero-order valence-corrected chi connectivity index (χ0v) is 19.7. The van der Waals surface area contributed by atoms with Gasteiger partial charge in [0.2, 0.25) is 15.9 Å². The third kappa shape index (κ3) is 4.78. The van der Waals surface area contributed by atoms with Gasteiger partial charge in [0.05, 0.1) is 22.7 Å². The van der Waals surface area contributed by atoms with Crippen LogP contribution in [0.5, 0.6) is 11.5 Å². The van der Waals surface area contributed by atoms with Crippen LogP contribution >= 0.6 is 11.6 Å². The first-order chi connectivity index (χ1) is 15.7. The Kier molecular flexibility index (Phi) is 6.51. The van der Waals surface area contributed by atoms with Crippen molar-refractivity contribution in [3.05, 3.63) is 41.4 Å². The van der Waals surface area contributed by atoms with Crippen molar-refractivity contribution in [2.75, 3.05) is 30.8 Å². The summed E-state index contributed by atoms with van der Waals surface area (Å²) in [5, 5.41) is 5.88. The summed E-state index contributed by atoms with van der Waals surface area (Å²) < 4.78 is 38.2. The normalized spacial score (nSPS) is 19.2. The second-order valence-electron chi connectivity index (χ2n) is 7.92. The highest BCUT2D eigenvalue weighted by molar-refractivity contribution is 7.89. The summed E-state index contributed by atoms with van der Waals surface area (Å²) in [5.74, 6) is 0.0964. The first-order valence-electron chi connectivity index (χ1n) is 10.4. The van der Waals surface area contributed by atoms with E-state index in [4.69, 9.17) is 21.1 Å². The Hall–Kier alpha value is -2.82. The molecule has 0 aliphatic carbocycles. The fourth-order valence-electron chi connectivity index (χ4n) is 3.84. The van der Waals surface area contributed by atoms with Crippen molar-refractivity contribution in [3.8, 4) is 11.5 Å². The minimum Gasteiger partial charge on any atom is -0.495 e. The number of hydrogen-bond acceptors (Lipinski definition) is 6. The van der Waals surface area contributed by atoms with Gasteiger partial charge >= 0.3 is 0 Å². The van der Waals surface area contributed by atoms with Crippen molar-refractivity contribution in [1.82, 2.24) is 4.31 Å². The van der Waals surface area contributed by atoms with Crippen LogP contribution in [-0.4, -0.2) is 50.8 Å². The average molecular weight is 494 g/mol. The quantitative estimate of drug-likeness (QED) is 0.661. The van der Waals surface area contributed by atoms with E-state index >= 15 is 0 Å². The molecule has 0 unspecified atom stereocenters. The number of sulfonamides is 1. The minimum absolute atomic E-state index is 0.0653. The number of amides is 2. The van der Waals surface area contributed by atoms with Gasteiger partial charge in [-0.05, 0) is 56.2 Å². The fraction of sp³-hybridized carbons (Fsp3) is 0.364. The molecule has 2 heterocycles. The number of ether oxygens (including phenoxy) is 2. The lowest BCUT2D eigenvalue weighted by molar-refractivity contribution is -0.123. The molecule has 9 nitrogen and oxygen atoms in total. The van der Waals surface area contributed by atoms with Crippen LogP contribution in [-0.2, 0) is 19.6 Å². The van der Waals surface area contributed by atoms with E-state index in [0.29, 0.717) is 40.7 Å². The number of anilines is 2. The summed E-state index contributed by atoms with van der Waals surface area (Å²) in [7, 11) is -2.27. The van der Waals surface area contributed by atoms with Gasteiger partial charge in [0.1, 0.15) is 11.5 Å². The molecule has 4 rings (SSSR count). The molecule has 1 saturated heterocycles. The molecule has 176 valence electrons. The standard InChI is InChI=1S/C22H24ClN3O6S/c1-13-21(27)25-18-12-16(4-6-20(18)32-13)33(29,30)26-9-7-14(8-10-26)22(28)24-15-3-5-19(31-2)17(23)11-15/h3-6,11-14H,7-10H2,1-2H3,(H,24,28)(H,25,27)/t13-/m0/s1. The van der Waals surface area contributed by atoms with Crippen LogP contribution in [0.2, 0.25) is 5.02 Å². The first kappa shape index (κ1) is 23.3. The lowest BCUT2D eigenvalue weighted by Crippen LogP contribution is -2.41. The maximum Gasteiger partial charge on any atom is 0.265 e. The molecule has 0 radical (unpaired) electrons. The lowest BCUT2D eigenvalue weighted by Gasteiger charge is -2.31. The smallest absolute Gasteiger partial charge is 0.265 e. The largest absolute Gasteiger partial charge is 0.495 e. The SMILES string of the molecule is COc1ccc(NC(=O)C2CCN(S(=O)(=O)c3ccc4c(c3)NC(=O)[C@H](C)O4)CC2)cc1Cl. The molecule has 2 aromatic rings. The number of nitrogens with one attached hydrogen (secondary N) is 2. The van der Waals surface area contributed by atoms with Crippen molar-refractivity contribution < 1.29 is 27.5 Å². The number of fused-ring (bicyclic) bond motifs is 1. The molecule has 2 aliphatic heterocycles. The number of rotatable bonds is 5.